The second kappa shape index (κ2) is 10.8. The normalized spacial score (nSPS) is 11.6. The van der Waals surface area contributed by atoms with Crippen LogP contribution in [0.2, 0.25) is 0 Å². The Balaban J connectivity index is 1.55. The number of hydrogen-bond donors (Lipinski definition) is 1. The van der Waals surface area contributed by atoms with E-state index in [1.165, 1.54) is 5.56 Å². The summed E-state index contributed by atoms with van der Waals surface area (Å²) in [6.45, 7) is 9.37. The highest BCUT2D eigenvalue weighted by molar-refractivity contribution is 7.99. The van der Waals surface area contributed by atoms with Crippen LogP contribution in [0.25, 0.3) is 33.5 Å². The van der Waals surface area contributed by atoms with Crippen molar-refractivity contribution in [3.63, 3.8) is 0 Å². The van der Waals surface area contributed by atoms with E-state index in [0.29, 0.717) is 5.82 Å². The first-order chi connectivity index (χ1) is 17.6. The Kier molecular flexibility index (Phi) is 7.33. The van der Waals surface area contributed by atoms with Crippen LogP contribution in [-0.4, -0.2) is 51.9 Å². The molecular weight excluding hydrogens is 488 g/mol. The monoisotopic (exact) mass is 516 g/mol. The molecule has 0 unspecified atom stereocenters. The fraction of sp³-hybridized carbons (Fsp3) is 0.308. The molecule has 5 rings (SSSR count). The van der Waals surface area contributed by atoms with Crippen molar-refractivity contribution in [2.45, 2.75) is 50.2 Å². The number of thioether (sulfide) groups is 2. The fourth-order valence-electron chi connectivity index (χ4n) is 4.28. The van der Waals surface area contributed by atoms with E-state index in [2.05, 4.69) is 93.4 Å². The minimum atomic E-state index is 0.276. The zero-order chi connectivity index (χ0) is 25.1. The average molecular weight is 517 g/mol. The topological polar surface area (TPSA) is 98.1 Å². The van der Waals surface area contributed by atoms with Crippen molar-refractivity contribution in [1.29, 1.82) is 0 Å². The van der Waals surface area contributed by atoms with Crippen LogP contribution in [0.5, 0.6) is 0 Å². The van der Waals surface area contributed by atoms with Gasteiger partial charge in [0.2, 0.25) is 0 Å². The van der Waals surface area contributed by atoms with Gasteiger partial charge in [0.25, 0.3) is 0 Å². The Morgan fingerprint density at radius 2 is 1.56 bits per heavy atom. The third-order valence-electron chi connectivity index (χ3n) is 5.85. The van der Waals surface area contributed by atoms with Gasteiger partial charge >= 0.3 is 0 Å². The maximum Gasteiger partial charge on any atom is 0.180 e. The average Bonchev–Trinajstić information content (AvgIpc) is 3.56. The van der Waals surface area contributed by atoms with E-state index in [1.54, 1.807) is 23.5 Å². The lowest BCUT2D eigenvalue weighted by molar-refractivity contribution is 0.679. The van der Waals surface area contributed by atoms with Crippen molar-refractivity contribution in [3.05, 3.63) is 59.9 Å². The lowest BCUT2D eigenvalue weighted by Gasteiger charge is -2.14. The standard InChI is InChI=1S/C26H28N8S2/c1-5-35-25-21-22(26(31-30-25)36-6-2)34(24(27-21)16(3)4)15-17-11-13-18(14-12-17)19-9-7-8-10-20(19)23-28-32-33-29-23/h7-14,16H,5-6,15H2,1-4H3,(H,28,29,32,33). The van der Waals surface area contributed by atoms with E-state index in [4.69, 9.17) is 4.98 Å². The van der Waals surface area contributed by atoms with Crippen molar-refractivity contribution in [3.8, 4) is 22.5 Å². The number of nitrogens with zero attached hydrogens (tertiary/aromatic N) is 7. The molecule has 184 valence electrons. The van der Waals surface area contributed by atoms with Crippen LogP contribution in [0, 0.1) is 0 Å². The van der Waals surface area contributed by atoms with Crippen LogP contribution in [-0.2, 0) is 6.54 Å². The van der Waals surface area contributed by atoms with Gasteiger partial charge in [-0.1, -0.05) is 76.2 Å². The summed E-state index contributed by atoms with van der Waals surface area (Å²) >= 11 is 3.41. The van der Waals surface area contributed by atoms with Crippen LogP contribution < -0.4 is 0 Å². The van der Waals surface area contributed by atoms with E-state index in [1.807, 2.05) is 18.2 Å². The summed E-state index contributed by atoms with van der Waals surface area (Å²) in [6.07, 6.45) is 0. The summed E-state index contributed by atoms with van der Waals surface area (Å²) < 4.78 is 2.33. The van der Waals surface area contributed by atoms with Gasteiger partial charge < -0.3 is 4.57 Å². The maximum atomic E-state index is 5.08. The Morgan fingerprint density at radius 3 is 2.22 bits per heavy atom. The second-order valence-electron chi connectivity index (χ2n) is 8.58. The van der Waals surface area contributed by atoms with Gasteiger partial charge in [-0.3, -0.25) is 0 Å². The van der Waals surface area contributed by atoms with Gasteiger partial charge in [-0.25, -0.2) is 10.1 Å². The predicted molar refractivity (Wildman–Crippen MR) is 146 cm³/mol. The highest BCUT2D eigenvalue weighted by Gasteiger charge is 2.22. The van der Waals surface area contributed by atoms with Gasteiger partial charge in [0.05, 0.1) is 0 Å². The molecule has 2 aromatic carbocycles. The van der Waals surface area contributed by atoms with Crippen LogP contribution in [0.1, 0.15) is 45.0 Å². The number of imidazole rings is 1. The van der Waals surface area contributed by atoms with Crippen molar-refractivity contribution in [2.24, 2.45) is 0 Å². The van der Waals surface area contributed by atoms with E-state index in [9.17, 15) is 0 Å². The second-order valence-corrected chi connectivity index (χ2v) is 11.1. The summed E-state index contributed by atoms with van der Waals surface area (Å²) in [5.74, 6) is 3.85. The van der Waals surface area contributed by atoms with E-state index < -0.39 is 0 Å². The van der Waals surface area contributed by atoms with Gasteiger partial charge in [0.15, 0.2) is 5.82 Å². The van der Waals surface area contributed by atoms with Gasteiger partial charge in [-0.2, -0.15) is 0 Å². The molecule has 36 heavy (non-hydrogen) atoms. The molecule has 1 N–H and O–H groups in total. The third-order valence-corrected chi connectivity index (χ3v) is 7.52. The summed E-state index contributed by atoms with van der Waals surface area (Å²) in [4.78, 5) is 5.08. The zero-order valence-electron chi connectivity index (χ0n) is 20.8. The quantitative estimate of drug-likeness (QED) is 0.236. The lowest BCUT2D eigenvalue weighted by Crippen LogP contribution is -2.08. The highest BCUT2D eigenvalue weighted by atomic mass is 32.2. The van der Waals surface area contributed by atoms with Gasteiger partial charge in [0.1, 0.15) is 26.9 Å². The first-order valence-corrected chi connectivity index (χ1v) is 14.0. The molecule has 0 aliphatic rings. The Morgan fingerprint density at radius 1 is 0.861 bits per heavy atom. The molecule has 8 nitrogen and oxygen atoms in total. The molecule has 5 aromatic rings. The summed E-state index contributed by atoms with van der Waals surface area (Å²) in [7, 11) is 0. The van der Waals surface area contributed by atoms with Gasteiger partial charge in [-0.15, -0.1) is 38.8 Å². The number of hydrogen-bond acceptors (Lipinski definition) is 8. The lowest BCUT2D eigenvalue weighted by atomic mass is 9.98. The van der Waals surface area contributed by atoms with Gasteiger partial charge in [0, 0.05) is 18.0 Å². The Labute approximate surface area is 218 Å². The molecule has 0 bridgehead atoms. The van der Waals surface area contributed by atoms with Gasteiger partial charge in [-0.05, 0) is 38.6 Å². The van der Waals surface area contributed by atoms with Crippen LogP contribution in [0.3, 0.4) is 0 Å². The van der Waals surface area contributed by atoms with Crippen molar-refractivity contribution < 1.29 is 0 Å². The number of nitrogens with one attached hydrogen (secondary N) is 1. The van der Waals surface area contributed by atoms with E-state index in [0.717, 1.165) is 61.7 Å². The smallest absolute Gasteiger partial charge is 0.180 e. The molecule has 0 fully saturated rings. The van der Waals surface area contributed by atoms with E-state index >= 15 is 0 Å². The van der Waals surface area contributed by atoms with Crippen molar-refractivity contribution in [2.75, 3.05) is 11.5 Å². The number of H-pyrrole nitrogens is 1. The first kappa shape index (κ1) is 24.5. The molecule has 0 aliphatic heterocycles. The fourth-order valence-corrected chi connectivity index (χ4v) is 5.64. The molecule has 3 aromatic heterocycles. The molecular formula is C26H28N8S2. The molecule has 3 heterocycles. The molecule has 10 heteroatoms. The van der Waals surface area contributed by atoms with Crippen LogP contribution >= 0.6 is 23.5 Å². The molecule has 0 saturated carbocycles. The molecule has 0 aliphatic carbocycles. The zero-order valence-corrected chi connectivity index (χ0v) is 22.4. The molecule has 0 spiro atoms. The van der Waals surface area contributed by atoms with Crippen LogP contribution in [0.15, 0.2) is 58.6 Å². The van der Waals surface area contributed by atoms with Crippen molar-refractivity contribution in [1.82, 2.24) is 40.4 Å². The van der Waals surface area contributed by atoms with Crippen LogP contribution in [0.4, 0.5) is 0 Å². The number of aromatic nitrogens is 8. The SMILES string of the molecule is CCSc1nnc(SCC)c2c1nc(C(C)C)n2Cc1ccc(-c2ccccc2-c2nnn[nH]2)cc1. The third kappa shape index (κ3) is 4.75. The number of fused-ring (bicyclic) bond motifs is 1. The number of tetrazole rings is 1. The number of aromatic amines is 1. The molecule has 0 amide bonds. The summed E-state index contributed by atoms with van der Waals surface area (Å²) in [6, 6.07) is 16.8. The summed E-state index contributed by atoms with van der Waals surface area (Å²) in [5, 5.41) is 25.4. The minimum Gasteiger partial charge on any atom is -0.321 e. The predicted octanol–water partition coefficient (Wildman–Crippen LogP) is 6.07. The highest BCUT2D eigenvalue weighted by Crippen LogP contribution is 2.35. The van der Waals surface area contributed by atoms with E-state index in [-0.39, 0.29) is 5.92 Å². The number of rotatable bonds is 9. The summed E-state index contributed by atoms with van der Waals surface area (Å²) in [5.41, 5.74) is 6.41. The Hall–Kier alpha value is -3.24. The maximum absolute atomic E-state index is 5.08. The molecule has 0 radical (unpaired) electrons. The minimum absolute atomic E-state index is 0.276. The Bertz CT molecular complexity index is 1460. The molecule has 0 atom stereocenters. The molecule has 0 saturated heterocycles. The first-order valence-electron chi connectivity index (χ1n) is 12.1. The largest absolute Gasteiger partial charge is 0.321 e. The van der Waals surface area contributed by atoms with Crippen molar-refractivity contribution >= 4 is 34.6 Å². The number of benzene rings is 2.